The highest BCUT2D eigenvalue weighted by Gasteiger charge is 2.16. The molecule has 0 fully saturated rings. The lowest BCUT2D eigenvalue weighted by Gasteiger charge is -2.12. The minimum Gasteiger partial charge on any atom is -0.504 e. The molecule has 0 radical (unpaired) electrons. The third kappa shape index (κ3) is 4.49. The maximum atomic E-state index is 11.8. The molecule has 5 heteroatoms. The lowest BCUT2D eigenvalue weighted by Crippen LogP contribution is -2.34. The summed E-state index contributed by atoms with van der Waals surface area (Å²) in [5.74, 6) is -0.923. The molecule has 0 bridgehead atoms. The van der Waals surface area contributed by atoms with Gasteiger partial charge in [-0.05, 0) is 29.7 Å². The lowest BCUT2D eigenvalue weighted by atomic mass is 10.1. The van der Waals surface area contributed by atoms with Crippen molar-refractivity contribution < 1.29 is 19.7 Å². The SMILES string of the molecule is NC(Cc1ccc(O)c(O)c1)C(=O)OCCc1ccccc1. The smallest absolute Gasteiger partial charge is 0.323 e. The Morgan fingerprint density at radius 3 is 2.45 bits per heavy atom. The Morgan fingerprint density at radius 1 is 1.05 bits per heavy atom. The molecule has 1 atom stereocenters. The van der Waals surface area contributed by atoms with Crippen molar-refractivity contribution in [1.29, 1.82) is 0 Å². The molecule has 116 valence electrons. The van der Waals surface area contributed by atoms with Crippen molar-refractivity contribution in [1.82, 2.24) is 0 Å². The van der Waals surface area contributed by atoms with Crippen molar-refractivity contribution in [2.45, 2.75) is 18.9 Å². The summed E-state index contributed by atoms with van der Waals surface area (Å²) in [6, 6.07) is 13.3. The summed E-state index contributed by atoms with van der Waals surface area (Å²) in [6.45, 7) is 0.275. The summed E-state index contributed by atoms with van der Waals surface area (Å²) < 4.78 is 5.16. The van der Waals surface area contributed by atoms with E-state index in [4.69, 9.17) is 10.5 Å². The molecule has 5 nitrogen and oxygen atoms in total. The fourth-order valence-electron chi connectivity index (χ4n) is 2.05. The number of ether oxygens (including phenoxy) is 1. The zero-order valence-electron chi connectivity index (χ0n) is 12.1. The van der Waals surface area contributed by atoms with Crippen molar-refractivity contribution in [3.8, 4) is 11.5 Å². The number of rotatable bonds is 6. The number of hydrogen-bond donors (Lipinski definition) is 3. The van der Waals surface area contributed by atoms with Gasteiger partial charge in [0, 0.05) is 6.42 Å². The Balaban J connectivity index is 1.80. The standard InChI is InChI=1S/C17H19NO4/c18-14(10-13-6-7-15(19)16(20)11-13)17(21)22-9-8-12-4-2-1-3-5-12/h1-7,11,14,19-20H,8-10,18H2. The highest BCUT2D eigenvalue weighted by Crippen LogP contribution is 2.25. The molecule has 0 aliphatic heterocycles. The van der Waals surface area contributed by atoms with Crippen LogP contribution in [0.1, 0.15) is 11.1 Å². The molecule has 2 rings (SSSR count). The van der Waals surface area contributed by atoms with E-state index < -0.39 is 12.0 Å². The van der Waals surface area contributed by atoms with Gasteiger partial charge in [0.1, 0.15) is 6.04 Å². The summed E-state index contributed by atoms with van der Waals surface area (Å²) >= 11 is 0. The third-order valence-electron chi connectivity index (χ3n) is 3.28. The predicted octanol–water partition coefficient (Wildman–Crippen LogP) is 1.75. The topological polar surface area (TPSA) is 92.8 Å². The average Bonchev–Trinajstić information content (AvgIpc) is 2.52. The number of phenolic OH excluding ortho intramolecular Hbond substituents is 2. The van der Waals surface area contributed by atoms with E-state index in [-0.39, 0.29) is 24.5 Å². The Morgan fingerprint density at radius 2 is 1.77 bits per heavy atom. The van der Waals surface area contributed by atoms with Gasteiger partial charge in [0.2, 0.25) is 0 Å². The van der Waals surface area contributed by atoms with Gasteiger partial charge in [0.15, 0.2) is 11.5 Å². The Labute approximate surface area is 129 Å². The molecule has 4 N–H and O–H groups in total. The van der Waals surface area contributed by atoms with Gasteiger partial charge >= 0.3 is 5.97 Å². The molecule has 0 heterocycles. The second-order valence-electron chi connectivity index (χ2n) is 5.04. The first-order valence-corrected chi connectivity index (χ1v) is 7.03. The number of phenols is 2. The van der Waals surface area contributed by atoms with E-state index in [2.05, 4.69) is 0 Å². The molecular weight excluding hydrogens is 282 g/mol. The number of hydrogen-bond acceptors (Lipinski definition) is 5. The van der Waals surface area contributed by atoms with E-state index in [1.54, 1.807) is 6.07 Å². The monoisotopic (exact) mass is 301 g/mol. The van der Waals surface area contributed by atoms with Gasteiger partial charge in [-0.2, -0.15) is 0 Å². The largest absolute Gasteiger partial charge is 0.504 e. The van der Waals surface area contributed by atoms with Crippen LogP contribution in [0.3, 0.4) is 0 Å². The molecule has 22 heavy (non-hydrogen) atoms. The normalized spacial score (nSPS) is 11.9. The van der Waals surface area contributed by atoms with Crippen LogP contribution in [0.4, 0.5) is 0 Å². The summed E-state index contributed by atoms with van der Waals surface area (Å²) in [4.78, 5) is 11.8. The van der Waals surface area contributed by atoms with Crippen LogP contribution in [0.25, 0.3) is 0 Å². The van der Waals surface area contributed by atoms with Gasteiger partial charge in [0.05, 0.1) is 6.61 Å². The van der Waals surface area contributed by atoms with Gasteiger partial charge in [-0.1, -0.05) is 36.4 Å². The zero-order chi connectivity index (χ0) is 15.9. The number of benzene rings is 2. The maximum absolute atomic E-state index is 11.8. The van der Waals surface area contributed by atoms with Crippen LogP contribution in [-0.4, -0.2) is 28.8 Å². The third-order valence-corrected chi connectivity index (χ3v) is 3.28. The Hall–Kier alpha value is -2.53. The van der Waals surface area contributed by atoms with Gasteiger partial charge in [-0.25, -0.2) is 0 Å². The molecule has 2 aromatic carbocycles. The van der Waals surface area contributed by atoms with E-state index in [1.807, 2.05) is 30.3 Å². The molecule has 1 unspecified atom stereocenters. The summed E-state index contributed by atoms with van der Waals surface area (Å²) in [5, 5.41) is 18.7. The fourth-order valence-corrected chi connectivity index (χ4v) is 2.05. The predicted molar refractivity (Wildman–Crippen MR) is 82.6 cm³/mol. The fraction of sp³-hybridized carbons (Fsp3) is 0.235. The van der Waals surface area contributed by atoms with Crippen LogP contribution in [0.2, 0.25) is 0 Å². The average molecular weight is 301 g/mol. The lowest BCUT2D eigenvalue weighted by molar-refractivity contribution is -0.145. The van der Waals surface area contributed by atoms with Gasteiger partial charge in [-0.15, -0.1) is 0 Å². The van der Waals surface area contributed by atoms with Crippen molar-refractivity contribution in [2.75, 3.05) is 6.61 Å². The molecule has 0 aliphatic carbocycles. The number of esters is 1. The minimum atomic E-state index is -0.806. The van der Waals surface area contributed by atoms with Crippen molar-refractivity contribution >= 4 is 5.97 Å². The minimum absolute atomic E-state index is 0.206. The molecule has 0 spiro atoms. The van der Waals surface area contributed by atoms with E-state index in [1.165, 1.54) is 12.1 Å². The van der Waals surface area contributed by atoms with Crippen LogP contribution < -0.4 is 5.73 Å². The molecule has 0 aromatic heterocycles. The molecular formula is C17H19NO4. The number of aromatic hydroxyl groups is 2. The van der Waals surface area contributed by atoms with Crippen LogP contribution in [0.15, 0.2) is 48.5 Å². The number of carbonyl (C=O) groups excluding carboxylic acids is 1. The first kappa shape index (κ1) is 15.9. The first-order chi connectivity index (χ1) is 10.6. The van der Waals surface area contributed by atoms with E-state index in [9.17, 15) is 15.0 Å². The molecule has 0 amide bonds. The van der Waals surface area contributed by atoms with Gasteiger partial charge < -0.3 is 20.7 Å². The van der Waals surface area contributed by atoms with Crippen LogP contribution in [0, 0.1) is 0 Å². The summed E-state index contributed by atoms with van der Waals surface area (Å²) in [5.41, 5.74) is 7.54. The molecule has 0 saturated heterocycles. The highest BCUT2D eigenvalue weighted by molar-refractivity contribution is 5.76. The maximum Gasteiger partial charge on any atom is 0.323 e. The van der Waals surface area contributed by atoms with Crippen molar-refractivity contribution in [3.63, 3.8) is 0 Å². The van der Waals surface area contributed by atoms with E-state index in [0.29, 0.717) is 12.0 Å². The van der Waals surface area contributed by atoms with Crippen molar-refractivity contribution in [2.24, 2.45) is 5.73 Å². The van der Waals surface area contributed by atoms with Gasteiger partial charge in [0.25, 0.3) is 0 Å². The number of nitrogens with two attached hydrogens (primary N) is 1. The zero-order valence-corrected chi connectivity index (χ0v) is 12.1. The molecule has 2 aromatic rings. The molecule has 0 saturated carbocycles. The first-order valence-electron chi connectivity index (χ1n) is 7.03. The second kappa shape index (κ2) is 7.47. The molecule has 0 aliphatic rings. The van der Waals surface area contributed by atoms with Crippen LogP contribution in [0.5, 0.6) is 11.5 Å². The van der Waals surface area contributed by atoms with Crippen molar-refractivity contribution in [3.05, 3.63) is 59.7 Å². The quantitative estimate of drug-likeness (QED) is 0.558. The number of carbonyl (C=O) groups is 1. The van der Waals surface area contributed by atoms with Gasteiger partial charge in [-0.3, -0.25) is 4.79 Å². The Bertz CT molecular complexity index is 628. The summed E-state index contributed by atoms with van der Waals surface area (Å²) in [6.07, 6.45) is 0.872. The van der Waals surface area contributed by atoms with Crippen LogP contribution >= 0.6 is 0 Å². The van der Waals surface area contributed by atoms with E-state index in [0.717, 1.165) is 5.56 Å². The van der Waals surface area contributed by atoms with E-state index >= 15 is 0 Å². The van der Waals surface area contributed by atoms with Crippen LogP contribution in [-0.2, 0) is 22.4 Å². The second-order valence-corrected chi connectivity index (χ2v) is 5.04. The summed E-state index contributed by atoms with van der Waals surface area (Å²) in [7, 11) is 0. The Kier molecular flexibility index (Phi) is 5.38. The highest BCUT2D eigenvalue weighted by atomic mass is 16.5.